The van der Waals surface area contributed by atoms with Crippen LogP contribution in [0.1, 0.15) is 130 Å². The van der Waals surface area contributed by atoms with Crippen molar-refractivity contribution in [1.82, 2.24) is 47.9 Å². The van der Waals surface area contributed by atoms with Gasteiger partial charge in [-0.2, -0.15) is 0 Å². The standard InChI is InChI=1S/C73H94N10O34/c74-56(86)38-115-32-29-112-26-23-75-66(102)48(9-17-59(89)90)81-69(105)51(12-20-62(95)96)78-57(87)39-116-33-30-113-27-24-76-67(103)49(10-18-60(91)92)82-70(106)52(13-21-63(97)98)79-58(88)40-117-34-31-114-28-25-77-68(104)50(11-19-61(93)94)83-71(107)53(14-22-64(99)100)80-65(101)45-35-41(1-2-42-5-15-54(84)46(36-42)72(108)109)3-7-44(45)8-4-43-6-16-55(85)47(37-43)73(110)111/h1-8,15-16,35-37,48-53,84-85H,9-14,17-34,38-40H2,(H2,74,86)(H,75,102)(H,76,103)(H,77,104)(H,78,87)(H,79,88)(H,80,101)(H,81,105)(H,82,106)(H,83,107)(H,89,90)(H,91,92)(H,93,94)(H,95,96)(H,97,98)(H,99,100)(H,108,109)(H,110,111)/b2-1+,8-4+/t48-,49-,50-,51-,52-,53-/m0/s1. The molecule has 0 fully saturated rings. The Morgan fingerprint density at radius 2 is 0.590 bits per heavy atom. The number of rotatable bonds is 61. The number of carbonyl (C=O) groups is 18. The number of primary amides is 1. The van der Waals surface area contributed by atoms with Crippen molar-refractivity contribution in [1.29, 1.82) is 0 Å². The molecular formula is C73H94N10O34. The summed E-state index contributed by atoms with van der Waals surface area (Å²) in [6, 6.07) is 2.16. The maximum Gasteiger partial charge on any atom is 0.339 e. The third kappa shape index (κ3) is 41.5. The summed E-state index contributed by atoms with van der Waals surface area (Å²) < 4.78 is 31.6. The third-order valence-corrected chi connectivity index (χ3v) is 15.9. The highest BCUT2D eigenvalue weighted by atomic mass is 16.5. The van der Waals surface area contributed by atoms with Crippen LogP contribution in [0.4, 0.5) is 0 Å². The molecule has 0 heterocycles. The summed E-state index contributed by atoms with van der Waals surface area (Å²) in [5.41, 5.74) is 4.96. The third-order valence-electron chi connectivity index (χ3n) is 15.9. The van der Waals surface area contributed by atoms with Gasteiger partial charge in [-0.1, -0.05) is 48.6 Å². The second-order valence-corrected chi connectivity index (χ2v) is 25.1. The fourth-order valence-electron chi connectivity index (χ4n) is 10.1. The molecule has 0 radical (unpaired) electrons. The maximum atomic E-state index is 14.3. The summed E-state index contributed by atoms with van der Waals surface area (Å²) in [5.74, 6) is -21.7. The Kier molecular flexibility index (Phi) is 45.2. The van der Waals surface area contributed by atoms with E-state index in [0.29, 0.717) is 11.1 Å². The maximum absolute atomic E-state index is 14.3. The lowest BCUT2D eigenvalue weighted by atomic mass is 9.99. The van der Waals surface area contributed by atoms with E-state index in [-0.39, 0.29) is 102 Å². The average molecular weight is 1660 g/mol. The van der Waals surface area contributed by atoms with Gasteiger partial charge in [0.05, 0.1) is 59.5 Å². The SMILES string of the molecule is NC(=O)COCCOCCNC(=O)[C@H](CCC(=O)O)NC(=O)[C@H](CCC(=O)O)NC(=O)COCCOCCNC(=O)[C@H](CCC(=O)O)NC(=O)[C@H](CCC(=O)O)NC(=O)COCCOCCNC(=O)[C@H](CCC(=O)O)NC(=O)[C@H](CCC(=O)O)NC(=O)c1cc(/C=C/c2ccc(O)c(C(=O)O)c2)ccc1/C=C/c1ccc(O)c(C(=O)O)c1. The number of nitrogens with one attached hydrogen (secondary N) is 9. The van der Waals surface area contributed by atoms with Crippen molar-refractivity contribution < 1.29 is 166 Å². The zero-order valence-electron chi connectivity index (χ0n) is 62.9. The van der Waals surface area contributed by atoms with Crippen molar-refractivity contribution in [3.63, 3.8) is 0 Å². The minimum atomic E-state index is -1.71. The van der Waals surface area contributed by atoms with Crippen LogP contribution < -0.4 is 53.6 Å². The van der Waals surface area contributed by atoms with Gasteiger partial charge >= 0.3 is 47.8 Å². The van der Waals surface area contributed by atoms with Gasteiger partial charge < -0.3 is 133 Å². The molecule has 0 saturated heterocycles. The van der Waals surface area contributed by atoms with Crippen molar-refractivity contribution in [2.24, 2.45) is 5.73 Å². The molecule has 0 aliphatic heterocycles. The van der Waals surface area contributed by atoms with Gasteiger partial charge in [-0.05, 0) is 91.1 Å². The smallest absolute Gasteiger partial charge is 0.339 e. The number of nitrogens with two attached hydrogens (primary N) is 1. The average Bonchev–Trinajstić information content (AvgIpc) is 0.830. The second-order valence-electron chi connectivity index (χ2n) is 25.1. The van der Waals surface area contributed by atoms with E-state index in [4.69, 9.17) is 34.2 Å². The Morgan fingerprint density at radius 1 is 0.316 bits per heavy atom. The Labute approximate surface area is 665 Å². The first-order valence-electron chi connectivity index (χ1n) is 35.9. The topological polar surface area (TPSA) is 699 Å². The number of phenols is 2. The minimum absolute atomic E-state index is 0.0106. The van der Waals surface area contributed by atoms with Gasteiger partial charge in [0.25, 0.3) is 5.91 Å². The van der Waals surface area contributed by atoms with Gasteiger partial charge in [-0.3, -0.25) is 76.7 Å². The number of ether oxygens (including phenoxy) is 6. The first-order valence-corrected chi connectivity index (χ1v) is 35.9. The van der Waals surface area contributed by atoms with Crippen molar-refractivity contribution in [2.45, 2.75) is 113 Å². The Balaban J connectivity index is 1.56. The lowest BCUT2D eigenvalue weighted by Gasteiger charge is -2.23. The van der Waals surface area contributed by atoms with Gasteiger partial charge in [-0.25, -0.2) is 9.59 Å². The number of aliphatic carboxylic acids is 6. The largest absolute Gasteiger partial charge is 0.507 e. The highest BCUT2D eigenvalue weighted by Crippen LogP contribution is 2.24. The summed E-state index contributed by atoms with van der Waals surface area (Å²) >= 11 is 0. The molecule has 44 nitrogen and oxygen atoms in total. The molecular weight excluding hydrogens is 1560 g/mol. The van der Waals surface area contributed by atoms with E-state index >= 15 is 0 Å². The van der Waals surface area contributed by atoms with E-state index in [9.17, 15) is 137 Å². The number of amides is 10. The van der Waals surface area contributed by atoms with Crippen LogP contribution >= 0.6 is 0 Å². The van der Waals surface area contributed by atoms with Crippen LogP contribution in [0, 0.1) is 0 Å². The fraction of sp³-hybridized carbons (Fsp3) is 0.452. The summed E-state index contributed by atoms with van der Waals surface area (Å²) in [7, 11) is 0. The second kappa shape index (κ2) is 53.9. The number of carbonyl (C=O) groups excluding carboxylic acids is 10. The Hall–Kier alpha value is -13.0. The van der Waals surface area contributed by atoms with Gasteiger partial charge in [0.15, 0.2) is 0 Å². The molecule has 3 aromatic rings. The van der Waals surface area contributed by atoms with E-state index in [1.165, 1.54) is 60.7 Å². The minimum Gasteiger partial charge on any atom is -0.507 e. The van der Waals surface area contributed by atoms with Crippen LogP contribution in [-0.4, -0.2) is 293 Å². The van der Waals surface area contributed by atoms with E-state index in [1.54, 1.807) is 0 Å². The van der Waals surface area contributed by atoms with Crippen LogP contribution in [0.25, 0.3) is 24.3 Å². The van der Waals surface area contributed by atoms with Gasteiger partial charge in [0.2, 0.25) is 53.2 Å². The number of carboxylic acids is 8. The molecule has 117 heavy (non-hydrogen) atoms. The van der Waals surface area contributed by atoms with Crippen molar-refractivity contribution in [2.75, 3.05) is 98.9 Å². The molecule has 0 saturated carbocycles. The molecule has 6 atom stereocenters. The number of aromatic carboxylic acids is 2. The molecule has 0 spiro atoms. The van der Waals surface area contributed by atoms with Gasteiger partial charge in [-0.15, -0.1) is 0 Å². The molecule has 0 unspecified atom stereocenters. The number of benzene rings is 3. The monoisotopic (exact) mass is 1650 g/mol. The molecule has 0 aromatic heterocycles. The normalized spacial score (nSPS) is 12.6. The van der Waals surface area contributed by atoms with Crippen molar-refractivity contribution in [3.8, 4) is 11.5 Å². The van der Waals surface area contributed by atoms with E-state index < -0.39 is 256 Å². The van der Waals surface area contributed by atoms with E-state index in [2.05, 4.69) is 47.9 Å². The highest BCUT2D eigenvalue weighted by molar-refractivity contribution is 6.03. The number of hydrogen-bond donors (Lipinski definition) is 20. The molecule has 0 aliphatic rings. The summed E-state index contributed by atoms with van der Waals surface area (Å²) in [6.45, 7) is -4.02. The van der Waals surface area contributed by atoms with Crippen LogP contribution in [0.5, 0.6) is 11.5 Å². The predicted octanol–water partition coefficient (Wildman–Crippen LogP) is -2.52. The fourth-order valence-corrected chi connectivity index (χ4v) is 10.1. The summed E-state index contributed by atoms with van der Waals surface area (Å²) in [5, 5.41) is 117. The van der Waals surface area contributed by atoms with Crippen LogP contribution in [0.15, 0.2) is 54.6 Å². The van der Waals surface area contributed by atoms with Crippen LogP contribution in [0.2, 0.25) is 0 Å². The first-order chi connectivity index (χ1) is 55.5. The lowest BCUT2D eigenvalue weighted by Crippen LogP contribution is -2.54. The molecule has 21 N–H and O–H groups in total. The molecule has 10 amide bonds. The van der Waals surface area contributed by atoms with Gasteiger partial charge in [0, 0.05) is 63.7 Å². The summed E-state index contributed by atoms with van der Waals surface area (Å²) in [6.07, 6.45) is -1.22. The molecule has 0 aliphatic carbocycles. The van der Waals surface area contributed by atoms with Crippen LogP contribution in [0.3, 0.4) is 0 Å². The molecule has 44 heteroatoms. The predicted molar refractivity (Wildman–Crippen MR) is 400 cm³/mol. The number of carboxylic acid groups (broad SMARTS) is 8. The highest BCUT2D eigenvalue weighted by Gasteiger charge is 2.32. The molecule has 3 aromatic carbocycles. The van der Waals surface area contributed by atoms with E-state index in [0.717, 1.165) is 18.2 Å². The van der Waals surface area contributed by atoms with Crippen molar-refractivity contribution >= 4 is 131 Å². The van der Waals surface area contributed by atoms with Crippen LogP contribution in [-0.2, 0) is 100 Å². The molecule has 640 valence electrons. The van der Waals surface area contributed by atoms with E-state index in [1.807, 2.05) is 0 Å². The zero-order chi connectivity index (χ0) is 86.9. The zero-order valence-corrected chi connectivity index (χ0v) is 62.9. The molecule has 3 rings (SSSR count). The Morgan fingerprint density at radius 3 is 0.897 bits per heavy atom. The number of hydrogen-bond acceptors (Lipinski definition) is 26. The molecule has 0 bridgehead atoms. The van der Waals surface area contributed by atoms with Gasteiger partial charge in [0.1, 0.15) is 78.7 Å². The quantitative estimate of drug-likeness (QED) is 0.0205. The van der Waals surface area contributed by atoms with Crippen molar-refractivity contribution in [3.05, 3.63) is 93.5 Å². The first kappa shape index (κ1) is 98.2. The lowest BCUT2D eigenvalue weighted by molar-refractivity contribution is -0.140. The number of aromatic hydroxyl groups is 2. The Bertz CT molecular complexity index is 4040. The summed E-state index contributed by atoms with van der Waals surface area (Å²) in [4.78, 5) is 224.